The zero-order valence-electron chi connectivity index (χ0n) is 37.5. The van der Waals surface area contributed by atoms with Gasteiger partial charge in [-0.05, 0) is 50.7 Å². The van der Waals surface area contributed by atoms with E-state index in [4.69, 9.17) is 47.4 Å². The minimum absolute atomic E-state index is 0.0100. The highest BCUT2D eigenvalue weighted by atomic mass is 16.7. The van der Waals surface area contributed by atoms with Crippen LogP contribution in [0.3, 0.4) is 0 Å². The van der Waals surface area contributed by atoms with Crippen LogP contribution in [0.1, 0.15) is 93.9 Å². The van der Waals surface area contributed by atoms with Gasteiger partial charge in [-0.1, -0.05) is 78.0 Å². The zero-order valence-corrected chi connectivity index (χ0v) is 37.5. The van der Waals surface area contributed by atoms with Gasteiger partial charge in [0.05, 0.1) is 62.0 Å². The lowest BCUT2D eigenvalue weighted by atomic mass is 9.91. The highest BCUT2D eigenvalue weighted by Crippen LogP contribution is 2.39. The molecule has 4 saturated heterocycles. The first-order valence-electron chi connectivity index (χ1n) is 21.9. The second-order valence-electron chi connectivity index (χ2n) is 16.9. The Hall–Kier alpha value is -1.52. The van der Waals surface area contributed by atoms with Crippen molar-refractivity contribution in [1.82, 2.24) is 0 Å². The van der Waals surface area contributed by atoms with E-state index in [0.29, 0.717) is 13.2 Å². The van der Waals surface area contributed by atoms with E-state index in [2.05, 4.69) is 27.7 Å². The molecule has 4 heterocycles. The number of methoxy groups -OCH3 is 4. The molecule has 4 rings (SSSR count). The Balaban J connectivity index is 1.24. The van der Waals surface area contributed by atoms with E-state index >= 15 is 0 Å². The second kappa shape index (κ2) is 24.2. The largest absolute Gasteiger partial charge is 0.390 e. The molecule has 0 aromatic carbocycles. The normalized spacial score (nSPS) is 35.1. The lowest BCUT2D eigenvalue weighted by Crippen LogP contribution is -2.43. The van der Waals surface area contributed by atoms with Gasteiger partial charge in [-0.2, -0.15) is 0 Å². The van der Waals surface area contributed by atoms with Crippen molar-refractivity contribution in [3.63, 3.8) is 0 Å². The van der Waals surface area contributed by atoms with Crippen LogP contribution < -0.4 is 0 Å². The fraction of sp³-hybridized carbons (Fsp3) is 0.826. The molecule has 334 valence electrons. The first-order chi connectivity index (χ1) is 27.8. The van der Waals surface area contributed by atoms with Crippen molar-refractivity contribution in [3.8, 4) is 0 Å². The number of aliphatic hydroxyl groups is 2. The van der Waals surface area contributed by atoms with Gasteiger partial charge in [0.2, 0.25) is 0 Å². The van der Waals surface area contributed by atoms with Crippen molar-refractivity contribution in [2.75, 3.05) is 41.7 Å². The number of aliphatic hydroxyl groups excluding tert-OH is 2. The van der Waals surface area contributed by atoms with Gasteiger partial charge in [-0.3, -0.25) is 0 Å². The average molecular weight is 823 g/mol. The molecule has 18 atom stereocenters. The van der Waals surface area contributed by atoms with Crippen LogP contribution in [0, 0.1) is 23.7 Å². The number of hydrogen-bond donors (Lipinski definition) is 2. The summed E-state index contributed by atoms with van der Waals surface area (Å²) in [5.41, 5.74) is 2.04. The molecule has 0 aromatic rings. The number of allylic oxidation sites excluding steroid dienone is 4. The summed E-state index contributed by atoms with van der Waals surface area (Å²) in [5.74, 6) is 0.282. The van der Waals surface area contributed by atoms with E-state index in [1.165, 1.54) is 0 Å². The summed E-state index contributed by atoms with van der Waals surface area (Å²) in [6.07, 6.45) is 14.2. The molecule has 4 fully saturated rings. The molecule has 4 aliphatic rings. The number of epoxide rings is 2. The van der Waals surface area contributed by atoms with Crippen LogP contribution in [0.5, 0.6) is 0 Å². The fourth-order valence-electron chi connectivity index (χ4n) is 8.81. The molecule has 0 radical (unpaired) electrons. The molecule has 0 bridgehead atoms. The summed E-state index contributed by atoms with van der Waals surface area (Å²) in [7, 11) is 6.84. The van der Waals surface area contributed by atoms with Crippen LogP contribution in [0.25, 0.3) is 0 Å². The Morgan fingerprint density at radius 2 is 1.03 bits per heavy atom. The van der Waals surface area contributed by atoms with Gasteiger partial charge in [-0.25, -0.2) is 0 Å². The third-order valence-electron chi connectivity index (χ3n) is 12.9. The molecule has 0 unspecified atom stereocenters. The standard InChI is InChI=1S/C46H78O12/c1-13-33(49-9)31(7)43-45(57-43)39(47)27(3)17-15-19-29(5)41-35(51-11)21-24-38(56-41)54-26-25-53-36-22-23-37(52-12)55-42(36)30(6)20-16-18-28(4)40(48)46-44(58-46)32(8)34(14-2)50-10/h15-20,27-28,31-48H,13-14,21-26H2,1-12H3/b17-15+,18-16+,29-19+,30-20+/t27-,28-,31+,32+,33-,34-,35-,36+,37+,38+,39+,40+,41+,42+,43-,44-,45-,46-/m0/s1. The molecule has 58 heavy (non-hydrogen) atoms. The van der Waals surface area contributed by atoms with Crippen molar-refractivity contribution in [2.45, 2.75) is 180 Å². The van der Waals surface area contributed by atoms with E-state index in [0.717, 1.165) is 49.7 Å². The van der Waals surface area contributed by atoms with Crippen LogP contribution in [0.2, 0.25) is 0 Å². The molecule has 12 heteroatoms. The molecule has 0 saturated carbocycles. The van der Waals surface area contributed by atoms with Gasteiger partial charge < -0.3 is 57.6 Å². The maximum absolute atomic E-state index is 11.0. The third kappa shape index (κ3) is 13.5. The van der Waals surface area contributed by atoms with Crippen LogP contribution in [-0.4, -0.2) is 138 Å². The Morgan fingerprint density at radius 1 is 0.586 bits per heavy atom. The molecule has 4 aliphatic heterocycles. The predicted octanol–water partition coefficient (Wildman–Crippen LogP) is 6.72. The third-order valence-corrected chi connectivity index (χ3v) is 12.9. The van der Waals surface area contributed by atoms with Crippen molar-refractivity contribution >= 4 is 0 Å². The van der Waals surface area contributed by atoms with Gasteiger partial charge in [0.25, 0.3) is 0 Å². The van der Waals surface area contributed by atoms with Crippen molar-refractivity contribution in [2.24, 2.45) is 23.7 Å². The van der Waals surface area contributed by atoms with Gasteiger partial charge in [0.15, 0.2) is 12.6 Å². The molecule has 0 spiro atoms. The minimum atomic E-state index is -0.595. The van der Waals surface area contributed by atoms with Gasteiger partial charge in [-0.15, -0.1) is 0 Å². The van der Waals surface area contributed by atoms with Gasteiger partial charge in [0, 0.05) is 65.0 Å². The molecule has 12 nitrogen and oxygen atoms in total. The average Bonchev–Trinajstić information content (AvgIpc) is 4.18. The first kappa shape index (κ1) is 49.1. The Kier molecular flexibility index (Phi) is 20.5. The van der Waals surface area contributed by atoms with Crippen molar-refractivity contribution in [3.05, 3.63) is 47.6 Å². The van der Waals surface area contributed by atoms with E-state index < -0.39 is 12.2 Å². The monoisotopic (exact) mass is 823 g/mol. The number of ether oxygens (including phenoxy) is 10. The highest BCUT2D eigenvalue weighted by Gasteiger charge is 2.51. The quantitative estimate of drug-likeness (QED) is 0.0575. The predicted molar refractivity (Wildman–Crippen MR) is 223 cm³/mol. The first-order valence-corrected chi connectivity index (χ1v) is 21.9. The van der Waals surface area contributed by atoms with Crippen molar-refractivity contribution in [1.29, 1.82) is 0 Å². The lowest BCUT2D eigenvalue weighted by molar-refractivity contribution is -0.231. The molecule has 0 aliphatic carbocycles. The van der Waals surface area contributed by atoms with Crippen LogP contribution in [0.4, 0.5) is 0 Å². The van der Waals surface area contributed by atoms with Gasteiger partial charge >= 0.3 is 0 Å². The molecule has 0 aromatic heterocycles. The van der Waals surface area contributed by atoms with Crippen LogP contribution >= 0.6 is 0 Å². The zero-order chi connectivity index (χ0) is 42.5. The molecule has 0 amide bonds. The molecular formula is C46H78O12. The highest BCUT2D eigenvalue weighted by molar-refractivity contribution is 5.19. The smallest absolute Gasteiger partial charge is 0.158 e. The number of hydrogen-bond acceptors (Lipinski definition) is 12. The molecular weight excluding hydrogens is 744 g/mol. The van der Waals surface area contributed by atoms with E-state index in [9.17, 15) is 10.2 Å². The maximum atomic E-state index is 11.0. The van der Waals surface area contributed by atoms with E-state index in [-0.39, 0.29) is 97.3 Å². The summed E-state index contributed by atoms with van der Waals surface area (Å²) in [5, 5.41) is 22.0. The topological polar surface area (TPSA) is 139 Å². The Bertz CT molecular complexity index is 1310. The summed E-state index contributed by atoms with van der Waals surface area (Å²) in [6.45, 7) is 17.3. The van der Waals surface area contributed by atoms with Gasteiger partial charge in [0.1, 0.15) is 24.4 Å². The van der Waals surface area contributed by atoms with Crippen molar-refractivity contribution < 1.29 is 57.6 Å². The maximum Gasteiger partial charge on any atom is 0.158 e. The Labute approximate surface area is 349 Å². The SMILES string of the molecule is CC[C@H](OC)[C@@H](C)[C@@H]1O[C@H]1[C@H](O)[C@@H](C)/C=C/C=C(\C)[C@H]1O[C@@H](OCCO[C@@H]2CC[C@H](OC)O[C@@H]2/C(C)=C/C=C/[C@H](C)[C@@H](O)[C@@H]2O[C@H]2[C@H](C)[C@H](CC)OC)CC[C@@H]1OC. The lowest BCUT2D eigenvalue weighted by Gasteiger charge is -2.37. The summed E-state index contributed by atoms with van der Waals surface area (Å²) >= 11 is 0. The molecule has 2 N–H and O–H groups in total. The Morgan fingerprint density at radius 3 is 1.50 bits per heavy atom. The number of rotatable bonds is 25. The van der Waals surface area contributed by atoms with E-state index in [1.54, 1.807) is 28.4 Å². The van der Waals surface area contributed by atoms with Crippen LogP contribution in [-0.2, 0) is 47.4 Å². The second-order valence-corrected chi connectivity index (χ2v) is 16.9. The minimum Gasteiger partial charge on any atom is -0.390 e. The summed E-state index contributed by atoms with van der Waals surface area (Å²) < 4.78 is 59.7. The summed E-state index contributed by atoms with van der Waals surface area (Å²) in [4.78, 5) is 0. The summed E-state index contributed by atoms with van der Waals surface area (Å²) in [6, 6.07) is 0. The van der Waals surface area contributed by atoms with Crippen LogP contribution in [0.15, 0.2) is 47.6 Å². The van der Waals surface area contributed by atoms with E-state index in [1.807, 2.05) is 64.2 Å². The fourth-order valence-corrected chi connectivity index (χ4v) is 8.81.